The van der Waals surface area contributed by atoms with Crippen LogP contribution in [0.25, 0.3) is 0 Å². The second kappa shape index (κ2) is 7.14. The lowest BCUT2D eigenvalue weighted by Gasteiger charge is -2.27. The van der Waals surface area contributed by atoms with E-state index in [0.717, 1.165) is 12.2 Å². The van der Waals surface area contributed by atoms with Crippen molar-refractivity contribution in [3.8, 4) is 5.75 Å². The lowest BCUT2D eigenvalue weighted by Crippen LogP contribution is -2.46. The first-order valence-electron chi connectivity index (χ1n) is 9.18. The van der Waals surface area contributed by atoms with Gasteiger partial charge in [0.05, 0.1) is 13.2 Å². The first-order chi connectivity index (χ1) is 11.5. The van der Waals surface area contributed by atoms with Gasteiger partial charge in [-0.05, 0) is 42.9 Å². The Labute approximate surface area is 145 Å². The van der Waals surface area contributed by atoms with Crippen LogP contribution in [0, 0.1) is 5.92 Å². The van der Waals surface area contributed by atoms with Crippen LogP contribution in [-0.4, -0.2) is 31.6 Å². The van der Waals surface area contributed by atoms with Crippen LogP contribution in [0.1, 0.15) is 51.5 Å². The maximum atomic E-state index is 12.6. The summed E-state index contributed by atoms with van der Waals surface area (Å²) in [5.74, 6) is 1.71. The maximum absolute atomic E-state index is 12.6. The lowest BCUT2D eigenvalue weighted by atomic mass is 9.84. The number of amides is 1. The molecule has 3 atom stereocenters. The molecule has 4 heteroatoms. The Morgan fingerprint density at radius 3 is 2.62 bits per heavy atom. The molecule has 0 bridgehead atoms. The second-order valence-electron chi connectivity index (χ2n) is 7.94. The molecule has 3 rings (SSSR count). The van der Waals surface area contributed by atoms with Gasteiger partial charge in [-0.1, -0.05) is 38.8 Å². The zero-order valence-electron chi connectivity index (χ0n) is 15.1. The number of hydrogen-bond donors (Lipinski definition) is 2. The van der Waals surface area contributed by atoms with Gasteiger partial charge in [0.15, 0.2) is 0 Å². The van der Waals surface area contributed by atoms with E-state index >= 15 is 0 Å². The number of hydrogen-bond acceptors (Lipinski definition) is 3. The number of benzene rings is 1. The fourth-order valence-corrected chi connectivity index (χ4v) is 4.10. The van der Waals surface area contributed by atoms with E-state index in [1.54, 1.807) is 7.11 Å². The van der Waals surface area contributed by atoms with Gasteiger partial charge >= 0.3 is 0 Å². The van der Waals surface area contributed by atoms with Crippen molar-refractivity contribution >= 4 is 5.91 Å². The van der Waals surface area contributed by atoms with Crippen LogP contribution in [0.2, 0.25) is 0 Å². The van der Waals surface area contributed by atoms with Crippen LogP contribution in [0.3, 0.4) is 0 Å². The minimum Gasteiger partial charge on any atom is -0.497 e. The van der Waals surface area contributed by atoms with Crippen LogP contribution in [0.4, 0.5) is 0 Å². The Morgan fingerprint density at radius 1 is 1.25 bits per heavy atom. The Morgan fingerprint density at radius 2 is 1.96 bits per heavy atom. The molecule has 24 heavy (non-hydrogen) atoms. The summed E-state index contributed by atoms with van der Waals surface area (Å²) in [4.78, 5) is 12.6. The van der Waals surface area contributed by atoms with Gasteiger partial charge < -0.3 is 15.4 Å². The summed E-state index contributed by atoms with van der Waals surface area (Å²) >= 11 is 0. The lowest BCUT2D eigenvalue weighted by molar-refractivity contribution is -0.123. The van der Waals surface area contributed by atoms with Gasteiger partial charge in [0.2, 0.25) is 5.91 Å². The van der Waals surface area contributed by atoms with Gasteiger partial charge in [-0.25, -0.2) is 0 Å². The molecule has 2 N–H and O–H groups in total. The van der Waals surface area contributed by atoms with Crippen LogP contribution in [0.15, 0.2) is 24.3 Å². The molecule has 2 aliphatic rings. The van der Waals surface area contributed by atoms with Crippen LogP contribution in [-0.2, 0) is 10.2 Å². The number of rotatable bonds is 5. The number of nitrogens with one attached hydrogen (secondary N) is 2. The third-order valence-electron chi connectivity index (χ3n) is 5.76. The van der Waals surface area contributed by atoms with E-state index in [9.17, 15) is 4.79 Å². The number of carbonyl (C=O) groups is 1. The molecule has 1 heterocycles. The Balaban J connectivity index is 1.54. The van der Waals surface area contributed by atoms with Gasteiger partial charge in [-0.3, -0.25) is 4.79 Å². The molecule has 1 aliphatic heterocycles. The normalized spacial score (nSPS) is 26.7. The molecule has 1 amide bonds. The Hall–Kier alpha value is -1.55. The predicted octanol–water partition coefficient (Wildman–Crippen LogP) is 3.01. The van der Waals surface area contributed by atoms with E-state index in [1.807, 2.05) is 12.1 Å². The zero-order valence-corrected chi connectivity index (χ0v) is 15.1. The SMILES string of the molecule is COc1ccc(C(C)(C)CNC(=O)C2CC3CCCCC3N2)cc1. The molecular formula is C20H30N2O2. The van der Waals surface area contributed by atoms with Gasteiger partial charge in [0.25, 0.3) is 0 Å². The van der Waals surface area contributed by atoms with Gasteiger partial charge in [0.1, 0.15) is 5.75 Å². The summed E-state index contributed by atoms with van der Waals surface area (Å²) in [7, 11) is 1.67. The molecule has 3 unspecified atom stereocenters. The van der Waals surface area contributed by atoms with Gasteiger partial charge in [-0.15, -0.1) is 0 Å². The highest BCUT2D eigenvalue weighted by Crippen LogP contribution is 2.33. The summed E-state index contributed by atoms with van der Waals surface area (Å²) in [6.45, 7) is 4.97. The van der Waals surface area contributed by atoms with E-state index in [-0.39, 0.29) is 17.4 Å². The topological polar surface area (TPSA) is 50.4 Å². The van der Waals surface area contributed by atoms with Gasteiger partial charge in [0, 0.05) is 18.0 Å². The van der Waals surface area contributed by atoms with Crippen LogP contribution in [0.5, 0.6) is 5.75 Å². The quantitative estimate of drug-likeness (QED) is 0.872. The van der Waals surface area contributed by atoms with E-state index in [1.165, 1.54) is 31.2 Å². The molecule has 1 aromatic carbocycles. The van der Waals surface area contributed by atoms with Crippen molar-refractivity contribution in [1.29, 1.82) is 0 Å². The average molecular weight is 330 g/mol. The summed E-state index contributed by atoms with van der Waals surface area (Å²) in [5.41, 5.74) is 1.10. The maximum Gasteiger partial charge on any atom is 0.237 e. The van der Waals surface area contributed by atoms with E-state index < -0.39 is 0 Å². The molecule has 0 radical (unpaired) electrons. The van der Waals surface area contributed by atoms with Crippen molar-refractivity contribution in [3.63, 3.8) is 0 Å². The largest absolute Gasteiger partial charge is 0.497 e. The molecule has 1 saturated carbocycles. The second-order valence-corrected chi connectivity index (χ2v) is 7.94. The fraction of sp³-hybridized carbons (Fsp3) is 0.650. The van der Waals surface area contributed by atoms with E-state index in [2.05, 4.69) is 36.6 Å². The molecule has 4 nitrogen and oxygen atoms in total. The predicted molar refractivity (Wildman–Crippen MR) is 96.3 cm³/mol. The fourth-order valence-electron chi connectivity index (χ4n) is 4.10. The van der Waals surface area contributed by atoms with E-state index in [0.29, 0.717) is 18.5 Å². The van der Waals surface area contributed by atoms with Crippen molar-refractivity contribution in [2.24, 2.45) is 5.92 Å². The van der Waals surface area contributed by atoms with Crippen molar-refractivity contribution in [1.82, 2.24) is 10.6 Å². The Bertz CT molecular complexity index is 554. The number of ether oxygens (including phenoxy) is 1. The molecule has 1 aromatic rings. The zero-order chi connectivity index (χ0) is 17.2. The minimum absolute atomic E-state index is 0.00947. The van der Waals surface area contributed by atoms with Crippen molar-refractivity contribution in [2.75, 3.05) is 13.7 Å². The summed E-state index contributed by atoms with van der Waals surface area (Å²) in [6, 6.07) is 8.65. The van der Waals surface area contributed by atoms with Crippen LogP contribution < -0.4 is 15.4 Å². The molecule has 132 valence electrons. The average Bonchev–Trinajstić information content (AvgIpc) is 3.04. The van der Waals surface area contributed by atoms with Crippen molar-refractivity contribution in [2.45, 2.75) is 63.5 Å². The number of methoxy groups -OCH3 is 1. The smallest absolute Gasteiger partial charge is 0.237 e. The highest BCUT2D eigenvalue weighted by molar-refractivity contribution is 5.82. The third kappa shape index (κ3) is 3.75. The highest BCUT2D eigenvalue weighted by Gasteiger charge is 2.38. The van der Waals surface area contributed by atoms with E-state index in [4.69, 9.17) is 4.74 Å². The standard InChI is InChI=1S/C20H30N2O2/c1-20(2,15-8-10-16(24-3)11-9-15)13-21-19(23)18-12-14-6-4-5-7-17(14)22-18/h8-11,14,17-18,22H,4-7,12-13H2,1-3H3,(H,21,23). The number of carbonyl (C=O) groups excluding carboxylic acids is 1. The highest BCUT2D eigenvalue weighted by atomic mass is 16.5. The van der Waals surface area contributed by atoms with Crippen LogP contribution >= 0.6 is 0 Å². The number of fused-ring (bicyclic) bond motifs is 1. The molecule has 0 spiro atoms. The first kappa shape index (κ1) is 17.3. The molecule has 2 fully saturated rings. The summed E-state index contributed by atoms with van der Waals surface area (Å²) in [5, 5.41) is 6.72. The Kier molecular flexibility index (Phi) is 5.14. The molecular weight excluding hydrogens is 300 g/mol. The monoisotopic (exact) mass is 330 g/mol. The molecule has 1 saturated heterocycles. The van der Waals surface area contributed by atoms with Gasteiger partial charge in [-0.2, -0.15) is 0 Å². The summed E-state index contributed by atoms with van der Waals surface area (Å²) in [6.07, 6.45) is 6.12. The first-order valence-corrected chi connectivity index (χ1v) is 9.18. The summed E-state index contributed by atoms with van der Waals surface area (Å²) < 4.78 is 5.22. The minimum atomic E-state index is -0.104. The van der Waals surface area contributed by atoms with Crippen molar-refractivity contribution < 1.29 is 9.53 Å². The van der Waals surface area contributed by atoms with Crippen molar-refractivity contribution in [3.05, 3.63) is 29.8 Å². The third-order valence-corrected chi connectivity index (χ3v) is 5.76. The molecule has 1 aliphatic carbocycles. The molecule has 0 aromatic heterocycles.